The summed E-state index contributed by atoms with van der Waals surface area (Å²) in [5.74, 6) is -0.0351. The van der Waals surface area contributed by atoms with E-state index in [-0.39, 0.29) is 5.91 Å². The third kappa shape index (κ3) is 3.15. The fourth-order valence-corrected chi connectivity index (χ4v) is 4.78. The normalized spacial score (nSPS) is 19.9. The van der Waals surface area contributed by atoms with Gasteiger partial charge in [-0.1, -0.05) is 23.2 Å². The second-order valence-electron chi connectivity index (χ2n) is 7.37. The minimum atomic E-state index is -0.0351. The highest BCUT2D eigenvalue weighted by Gasteiger charge is 2.33. The Kier molecular flexibility index (Phi) is 4.50. The summed E-state index contributed by atoms with van der Waals surface area (Å²) in [4.78, 5) is 21.8. The van der Waals surface area contributed by atoms with Crippen LogP contribution in [0.15, 0.2) is 36.5 Å². The number of hydrogen-bond acceptors (Lipinski definition) is 4. The Morgan fingerprint density at radius 3 is 2.71 bits per heavy atom. The first-order chi connectivity index (χ1) is 13.6. The molecule has 0 N–H and O–H groups in total. The highest BCUT2D eigenvalue weighted by molar-refractivity contribution is 6.35. The van der Waals surface area contributed by atoms with Gasteiger partial charge in [-0.2, -0.15) is 5.10 Å². The number of nitrogens with zero attached hydrogens (tertiary/aromatic N) is 5. The number of fused-ring (bicyclic) bond motifs is 2. The highest BCUT2D eigenvalue weighted by atomic mass is 35.5. The van der Waals surface area contributed by atoms with Crippen molar-refractivity contribution in [3.8, 4) is 11.3 Å². The van der Waals surface area contributed by atoms with Crippen molar-refractivity contribution in [2.45, 2.75) is 18.9 Å². The second kappa shape index (κ2) is 7.03. The zero-order valence-corrected chi connectivity index (χ0v) is 16.7. The van der Waals surface area contributed by atoms with Crippen molar-refractivity contribution in [2.75, 3.05) is 26.2 Å². The SMILES string of the molecule is O=C(c1cc2nccc(-c3cc(Cl)cc(Cl)c3)n2n1)N1CCN2CCCC2C1. The van der Waals surface area contributed by atoms with Crippen molar-refractivity contribution in [1.29, 1.82) is 0 Å². The van der Waals surface area contributed by atoms with Crippen LogP contribution in [0.25, 0.3) is 16.9 Å². The van der Waals surface area contributed by atoms with E-state index in [1.165, 1.54) is 6.42 Å². The van der Waals surface area contributed by atoms with E-state index in [1.807, 2.05) is 23.1 Å². The molecule has 0 aliphatic carbocycles. The molecule has 144 valence electrons. The summed E-state index contributed by atoms with van der Waals surface area (Å²) in [5, 5.41) is 5.67. The summed E-state index contributed by atoms with van der Waals surface area (Å²) in [6, 6.07) is 9.41. The molecular formula is C20H19Cl2N5O. The van der Waals surface area contributed by atoms with Crippen LogP contribution in [0.5, 0.6) is 0 Å². The van der Waals surface area contributed by atoms with Crippen LogP contribution >= 0.6 is 23.2 Å². The number of rotatable bonds is 2. The summed E-state index contributed by atoms with van der Waals surface area (Å²) in [6.45, 7) is 3.61. The summed E-state index contributed by atoms with van der Waals surface area (Å²) in [7, 11) is 0. The molecule has 2 fully saturated rings. The average Bonchev–Trinajstić information content (AvgIpc) is 3.32. The first kappa shape index (κ1) is 17.9. The van der Waals surface area contributed by atoms with Crippen LogP contribution in [0, 0.1) is 0 Å². The number of halogens is 2. The van der Waals surface area contributed by atoms with Crippen LogP contribution in [0.3, 0.4) is 0 Å². The molecule has 5 rings (SSSR count). The molecule has 28 heavy (non-hydrogen) atoms. The Labute approximate surface area is 172 Å². The average molecular weight is 416 g/mol. The monoisotopic (exact) mass is 415 g/mol. The molecule has 1 amide bonds. The van der Waals surface area contributed by atoms with Crippen molar-refractivity contribution < 1.29 is 4.79 Å². The van der Waals surface area contributed by atoms with Gasteiger partial charge >= 0.3 is 0 Å². The maximum atomic E-state index is 13.1. The van der Waals surface area contributed by atoms with Gasteiger partial charge in [-0.15, -0.1) is 0 Å². The fourth-order valence-electron chi connectivity index (χ4n) is 4.26. The Bertz CT molecular complexity index is 1050. The van der Waals surface area contributed by atoms with E-state index < -0.39 is 0 Å². The molecule has 1 atom stereocenters. The Balaban J connectivity index is 1.49. The fraction of sp³-hybridized carbons (Fsp3) is 0.350. The van der Waals surface area contributed by atoms with Crippen molar-refractivity contribution in [3.63, 3.8) is 0 Å². The van der Waals surface area contributed by atoms with E-state index in [2.05, 4.69) is 15.0 Å². The molecule has 4 heterocycles. The molecule has 3 aromatic rings. The molecule has 2 aromatic heterocycles. The smallest absolute Gasteiger partial charge is 0.274 e. The van der Waals surface area contributed by atoms with Gasteiger partial charge in [-0.25, -0.2) is 9.50 Å². The van der Waals surface area contributed by atoms with Gasteiger partial charge in [0.15, 0.2) is 11.3 Å². The molecule has 2 aliphatic heterocycles. The topological polar surface area (TPSA) is 53.7 Å². The van der Waals surface area contributed by atoms with Gasteiger partial charge < -0.3 is 4.90 Å². The molecule has 2 saturated heterocycles. The molecule has 6 nitrogen and oxygen atoms in total. The number of piperazine rings is 1. The number of aromatic nitrogens is 3. The number of benzene rings is 1. The molecule has 0 spiro atoms. The first-order valence-corrected chi connectivity index (χ1v) is 10.2. The minimum absolute atomic E-state index is 0.0351. The van der Waals surface area contributed by atoms with E-state index in [4.69, 9.17) is 23.2 Å². The summed E-state index contributed by atoms with van der Waals surface area (Å²) in [6.07, 6.45) is 4.08. The zero-order valence-electron chi connectivity index (χ0n) is 15.2. The Hall–Kier alpha value is -2.15. The lowest BCUT2D eigenvalue weighted by atomic mass is 10.1. The predicted molar refractivity (Wildman–Crippen MR) is 109 cm³/mol. The molecule has 8 heteroatoms. The molecular weight excluding hydrogens is 397 g/mol. The third-order valence-electron chi connectivity index (χ3n) is 5.61. The zero-order chi connectivity index (χ0) is 19.3. The van der Waals surface area contributed by atoms with E-state index in [0.29, 0.717) is 27.4 Å². The molecule has 0 saturated carbocycles. The largest absolute Gasteiger partial charge is 0.334 e. The van der Waals surface area contributed by atoms with Crippen molar-refractivity contribution in [2.24, 2.45) is 0 Å². The predicted octanol–water partition coefficient (Wildman–Crippen LogP) is 3.62. The van der Waals surface area contributed by atoms with Crippen molar-refractivity contribution in [1.82, 2.24) is 24.4 Å². The lowest BCUT2D eigenvalue weighted by molar-refractivity contribution is 0.0565. The van der Waals surface area contributed by atoms with E-state index in [1.54, 1.807) is 22.8 Å². The van der Waals surface area contributed by atoms with Gasteiger partial charge in [0.1, 0.15) is 0 Å². The third-order valence-corrected chi connectivity index (χ3v) is 6.05. The van der Waals surface area contributed by atoms with Crippen LogP contribution in [0.1, 0.15) is 23.3 Å². The Morgan fingerprint density at radius 2 is 1.89 bits per heavy atom. The quantitative estimate of drug-likeness (QED) is 0.641. The maximum Gasteiger partial charge on any atom is 0.274 e. The van der Waals surface area contributed by atoms with Gasteiger partial charge in [0.25, 0.3) is 5.91 Å². The highest BCUT2D eigenvalue weighted by Crippen LogP contribution is 2.28. The number of hydrogen-bond donors (Lipinski definition) is 0. The van der Waals surface area contributed by atoms with Gasteiger partial charge in [-0.3, -0.25) is 9.69 Å². The molecule has 1 aromatic carbocycles. The summed E-state index contributed by atoms with van der Waals surface area (Å²) >= 11 is 12.3. The lowest BCUT2D eigenvalue weighted by Crippen LogP contribution is -2.52. The lowest BCUT2D eigenvalue weighted by Gasteiger charge is -2.37. The van der Waals surface area contributed by atoms with Crippen LogP contribution in [0.2, 0.25) is 10.0 Å². The van der Waals surface area contributed by atoms with E-state index in [9.17, 15) is 4.79 Å². The van der Waals surface area contributed by atoms with Crippen LogP contribution in [-0.2, 0) is 0 Å². The molecule has 2 aliphatic rings. The molecule has 0 radical (unpaired) electrons. The summed E-state index contributed by atoms with van der Waals surface area (Å²) in [5.41, 5.74) is 2.65. The van der Waals surface area contributed by atoms with Gasteiger partial charge in [0, 0.05) is 53.5 Å². The number of amides is 1. The first-order valence-electron chi connectivity index (χ1n) is 9.43. The number of carbonyl (C=O) groups is 1. The van der Waals surface area contributed by atoms with Crippen LogP contribution in [0.4, 0.5) is 0 Å². The maximum absolute atomic E-state index is 13.1. The van der Waals surface area contributed by atoms with Crippen LogP contribution < -0.4 is 0 Å². The summed E-state index contributed by atoms with van der Waals surface area (Å²) < 4.78 is 1.68. The number of carbonyl (C=O) groups excluding carboxylic acids is 1. The van der Waals surface area contributed by atoms with Gasteiger partial charge in [-0.05, 0) is 43.7 Å². The van der Waals surface area contributed by atoms with E-state index in [0.717, 1.165) is 43.9 Å². The standard InChI is InChI=1S/C20H19Cl2N5O/c21-14-8-13(9-15(22)10-14)18-3-4-23-19-11-17(24-27(18)19)20(28)26-7-6-25-5-1-2-16(25)12-26/h3-4,8-11,16H,1-2,5-7,12H2. The minimum Gasteiger partial charge on any atom is -0.334 e. The van der Waals surface area contributed by atoms with Gasteiger partial charge in [0.05, 0.1) is 5.69 Å². The van der Waals surface area contributed by atoms with Gasteiger partial charge in [0.2, 0.25) is 0 Å². The van der Waals surface area contributed by atoms with Crippen LogP contribution in [-0.4, -0.2) is 62.5 Å². The van der Waals surface area contributed by atoms with Crippen molar-refractivity contribution in [3.05, 3.63) is 52.3 Å². The Morgan fingerprint density at radius 1 is 1.07 bits per heavy atom. The molecule has 0 bridgehead atoms. The van der Waals surface area contributed by atoms with E-state index >= 15 is 0 Å². The molecule has 1 unspecified atom stereocenters. The second-order valence-corrected chi connectivity index (χ2v) is 8.24. The van der Waals surface area contributed by atoms with Crippen molar-refractivity contribution >= 4 is 34.8 Å².